The molecule has 0 rings (SSSR count). The Kier molecular flexibility index (Phi) is 3.56. The molecule has 0 bridgehead atoms. The normalized spacial score (nSPS) is 9.25. The van der Waals surface area contributed by atoms with Gasteiger partial charge in [-0.25, -0.2) is 4.79 Å². The van der Waals surface area contributed by atoms with E-state index < -0.39 is 6.09 Å². The van der Waals surface area contributed by atoms with Gasteiger partial charge >= 0.3 is 6.09 Å². The van der Waals surface area contributed by atoms with Gasteiger partial charge in [0, 0.05) is 13.3 Å². The number of carbonyl (C=O) groups is 1. The molecule has 1 N–H and O–H groups in total. The Balaban J connectivity index is 3.25. The Bertz CT molecular complexity index is 100. The predicted molar refractivity (Wildman–Crippen MR) is 29.7 cm³/mol. The maximum atomic E-state index is 10.1. The van der Waals surface area contributed by atoms with Gasteiger partial charge in [0.2, 0.25) is 0 Å². The highest BCUT2D eigenvalue weighted by Gasteiger charge is 1.90. The van der Waals surface area contributed by atoms with Crippen molar-refractivity contribution in [2.45, 2.75) is 6.92 Å². The smallest absolute Gasteiger partial charge is 0.323 e. The first-order valence-electron chi connectivity index (χ1n) is 2.18. The molecule has 0 saturated heterocycles. The number of hydrogen-bond donors (Lipinski definition) is 1. The molecular formula is C4H8N2O2. The van der Waals surface area contributed by atoms with E-state index in [0.29, 0.717) is 0 Å². The molecule has 4 heteroatoms. The summed E-state index contributed by atoms with van der Waals surface area (Å²) in [6.45, 7) is 1.66. The van der Waals surface area contributed by atoms with Crippen LogP contribution < -0.4 is 5.32 Å². The molecule has 0 fully saturated rings. The zero-order chi connectivity index (χ0) is 6.41. The number of rotatable bonds is 1. The van der Waals surface area contributed by atoms with E-state index in [1.807, 2.05) is 0 Å². The van der Waals surface area contributed by atoms with E-state index in [0.717, 1.165) is 0 Å². The molecule has 0 spiro atoms. The van der Waals surface area contributed by atoms with Crippen molar-refractivity contribution >= 4 is 12.3 Å². The maximum absolute atomic E-state index is 10.1. The van der Waals surface area contributed by atoms with E-state index in [2.05, 4.69) is 15.3 Å². The van der Waals surface area contributed by atoms with Crippen LogP contribution in [0.1, 0.15) is 6.92 Å². The lowest BCUT2D eigenvalue weighted by Crippen LogP contribution is -2.16. The van der Waals surface area contributed by atoms with Gasteiger partial charge in [-0.15, -0.1) is 0 Å². The Hall–Kier alpha value is -1.06. The first-order chi connectivity index (χ1) is 3.81. The van der Waals surface area contributed by atoms with Crippen LogP contribution in [0, 0.1) is 0 Å². The minimum atomic E-state index is -0.553. The minimum Gasteiger partial charge on any atom is -0.323 e. The van der Waals surface area contributed by atoms with Gasteiger partial charge in [-0.1, -0.05) is 5.16 Å². The average molecular weight is 116 g/mol. The summed E-state index contributed by atoms with van der Waals surface area (Å²) in [6, 6.07) is 0. The highest BCUT2D eigenvalue weighted by molar-refractivity contribution is 5.67. The van der Waals surface area contributed by atoms with Crippen molar-refractivity contribution in [1.82, 2.24) is 5.32 Å². The van der Waals surface area contributed by atoms with Crippen molar-refractivity contribution in [3.8, 4) is 0 Å². The second-order valence-corrected chi connectivity index (χ2v) is 0.992. The van der Waals surface area contributed by atoms with Gasteiger partial charge in [-0.3, -0.25) is 4.84 Å². The lowest BCUT2D eigenvalue weighted by Gasteiger charge is -1.90. The van der Waals surface area contributed by atoms with Crippen molar-refractivity contribution in [2.24, 2.45) is 5.16 Å². The Morgan fingerprint density at radius 3 is 2.88 bits per heavy atom. The molecule has 0 unspecified atom stereocenters. The van der Waals surface area contributed by atoms with Crippen LogP contribution in [0.5, 0.6) is 0 Å². The first-order valence-corrected chi connectivity index (χ1v) is 2.18. The molecule has 0 aromatic rings. The number of amides is 1. The average Bonchev–Trinajstić information content (AvgIpc) is 1.83. The van der Waals surface area contributed by atoms with Crippen molar-refractivity contribution in [2.75, 3.05) is 7.05 Å². The SMILES string of the molecule is C/C=N/OC(=O)NC. The molecule has 0 aromatic carbocycles. The number of carbonyl (C=O) groups excluding carboxylic acids is 1. The summed E-state index contributed by atoms with van der Waals surface area (Å²) in [5.41, 5.74) is 0. The summed E-state index contributed by atoms with van der Waals surface area (Å²) in [5, 5.41) is 5.43. The molecule has 0 aliphatic carbocycles. The van der Waals surface area contributed by atoms with Gasteiger partial charge < -0.3 is 5.32 Å². The predicted octanol–water partition coefficient (Wildman–Crippen LogP) is 0.348. The zero-order valence-electron chi connectivity index (χ0n) is 4.84. The third-order valence-corrected chi connectivity index (χ3v) is 0.445. The fraction of sp³-hybridized carbons (Fsp3) is 0.500. The van der Waals surface area contributed by atoms with Gasteiger partial charge in [0.05, 0.1) is 0 Å². The van der Waals surface area contributed by atoms with Crippen molar-refractivity contribution in [3.63, 3.8) is 0 Å². The summed E-state index contributed by atoms with van der Waals surface area (Å²) >= 11 is 0. The molecule has 0 aliphatic heterocycles. The van der Waals surface area contributed by atoms with Gasteiger partial charge in [0.1, 0.15) is 0 Å². The molecule has 0 heterocycles. The standard InChI is InChI=1S/C4H8N2O2/c1-3-6-8-4(7)5-2/h3H,1-2H3,(H,5,7)/b6-3+. The molecule has 0 aliphatic rings. The molecule has 0 saturated carbocycles. The molecule has 0 atom stereocenters. The zero-order valence-corrected chi connectivity index (χ0v) is 4.84. The number of nitrogens with zero attached hydrogens (tertiary/aromatic N) is 1. The first kappa shape index (κ1) is 6.94. The number of nitrogens with one attached hydrogen (secondary N) is 1. The lowest BCUT2D eigenvalue weighted by molar-refractivity contribution is 0.153. The third kappa shape index (κ3) is 3.14. The van der Waals surface area contributed by atoms with Crippen molar-refractivity contribution in [1.29, 1.82) is 0 Å². The van der Waals surface area contributed by atoms with Gasteiger partial charge in [-0.2, -0.15) is 0 Å². The van der Waals surface area contributed by atoms with E-state index >= 15 is 0 Å². The Labute approximate surface area is 47.5 Å². The molecule has 0 radical (unpaired) electrons. The third-order valence-electron chi connectivity index (χ3n) is 0.445. The molecule has 0 aromatic heterocycles. The van der Waals surface area contributed by atoms with Gasteiger partial charge in [-0.05, 0) is 6.92 Å². The molecule has 4 nitrogen and oxygen atoms in total. The van der Waals surface area contributed by atoms with Crippen LogP contribution in [0.25, 0.3) is 0 Å². The van der Waals surface area contributed by atoms with Gasteiger partial charge in [0.15, 0.2) is 0 Å². The summed E-state index contributed by atoms with van der Waals surface area (Å²) in [4.78, 5) is 14.3. The molecule has 1 amide bonds. The summed E-state index contributed by atoms with van der Waals surface area (Å²) < 4.78 is 0. The van der Waals surface area contributed by atoms with E-state index in [4.69, 9.17) is 0 Å². The molecule has 46 valence electrons. The second kappa shape index (κ2) is 4.11. The monoisotopic (exact) mass is 116 g/mol. The molecule has 8 heavy (non-hydrogen) atoms. The topological polar surface area (TPSA) is 50.7 Å². The van der Waals surface area contributed by atoms with Crippen LogP contribution in [0.4, 0.5) is 4.79 Å². The van der Waals surface area contributed by atoms with E-state index in [1.165, 1.54) is 13.3 Å². The number of hydrogen-bond acceptors (Lipinski definition) is 3. The molecular weight excluding hydrogens is 108 g/mol. The minimum absolute atomic E-state index is 0.553. The fourth-order valence-electron chi connectivity index (χ4n) is 0.146. The highest BCUT2D eigenvalue weighted by atomic mass is 16.7. The highest BCUT2D eigenvalue weighted by Crippen LogP contribution is 1.72. The Morgan fingerprint density at radius 2 is 2.50 bits per heavy atom. The van der Waals surface area contributed by atoms with Crippen molar-refractivity contribution < 1.29 is 9.63 Å². The second-order valence-electron chi connectivity index (χ2n) is 0.992. The quantitative estimate of drug-likeness (QED) is 0.305. The van der Waals surface area contributed by atoms with Crippen molar-refractivity contribution in [3.05, 3.63) is 0 Å². The summed E-state index contributed by atoms with van der Waals surface area (Å²) in [5.74, 6) is 0. The lowest BCUT2D eigenvalue weighted by atomic mass is 10.9. The Morgan fingerprint density at radius 1 is 1.88 bits per heavy atom. The van der Waals surface area contributed by atoms with Crippen LogP contribution in [-0.4, -0.2) is 19.4 Å². The van der Waals surface area contributed by atoms with E-state index in [9.17, 15) is 4.79 Å². The van der Waals surface area contributed by atoms with Crippen LogP contribution in [-0.2, 0) is 4.84 Å². The maximum Gasteiger partial charge on any atom is 0.433 e. The van der Waals surface area contributed by atoms with E-state index in [1.54, 1.807) is 6.92 Å². The fourth-order valence-corrected chi connectivity index (χ4v) is 0.146. The van der Waals surface area contributed by atoms with Gasteiger partial charge in [0.25, 0.3) is 0 Å². The largest absolute Gasteiger partial charge is 0.433 e. The van der Waals surface area contributed by atoms with Crippen LogP contribution in [0.15, 0.2) is 5.16 Å². The van der Waals surface area contributed by atoms with Crippen LogP contribution in [0.3, 0.4) is 0 Å². The van der Waals surface area contributed by atoms with Crippen LogP contribution in [0.2, 0.25) is 0 Å². The van der Waals surface area contributed by atoms with E-state index in [-0.39, 0.29) is 0 Å². The number of oxime groups is 1. The summed E-state index contributed by atoms with van der Waals surface area (Å²) in [6.07, 6.45) is 0.831. The summed E-state index contributed by atoms with van der Waals surface area (Å²) in [7, 11) is 1.47. The van der Waals surface area contributed by atoms with Crippen LogP contribution >= 0.6 is 0 Å².